The first-order chi connectivity index (χ1) is 13.8. The highest BCUT2D eigenvalue weighted by atomic mass is 32.2. The lowest BCUT2D eigenvalue weighted by atomic mass is 10.2. The minimum atomic E-state index is -3.78. The monoisotopic (exact) mass is 425 g/mol. The number of sulfonamides is 1. The van der Waals surface area contributed by atoms with Gasteiger partial charge in [-0.3, -0.25) is 14.9 Å². The average Bonchev–Trinajstić information content (AvgIpc) is 3.11. The van der Waals surface area contributed by atoms with Crippen LogP contribution in [0.1, 0.15) is 45.4 Å². The van der Waals surface area contributed by atoms with Gasteiger partial charge in [0, 0.05) is 32.2 Å². The Hall–Kier alpha value is -2.20. The van der Waals surface area contributed by atoms with E-state index < -0.39 is 26.7 Å². The van der Waals surface area contributed by atoms with Crippen molar-refractivity contribution in [3.63, 3.8) is 0 Å². The molecule has 2 fully saturated rings. The van der Waals surface area contributed by atoms with Gasteiger partial charge in [0.1, 0.15) is 0 Å². The number of likely N-dealkylation sites (tertiary alicyclic amines) is 1. The number of carbonyl (C=O) groups excluding carboxylic acids is 1. The van der Waals surface area contributed by atoms with Crippen molar-refractivity contribution in [3.05, 3.63) is 28.3 Å². The summed E-state index contributed by atoms with van der Waals surface area (Å²) < 4.78 is 32.3. The summed E-state index contributed by atoms with van der Waals surface area (Å²) in [5, 5.41) is 11.5. The van der Waals surface area contributed by atoms with E-state index in [4.69, 9.17) is 4.74 Å². The van der Waals surface area contributed by atoms with Gasteiger partial charge in [0.05, 0.1) is 9.82 Å². The van der Waals surface area contributed by atoms with Crippen LogP contribution in [-0.4, -0.2) is 60.7 Å². The molecule has 1 aromatic carbocycles. The molecule has 0 bridgehead atoms. The molecular weight excluding hydrogens is 398 g/mol. The minimum Gasteiger partial charge on any atom is -0.474 e. The Labute approximate surface area is 170 Å². The number of nitro benzene ring substituents is 1. The lowest BCUT2D eigenvalue weighted by molar-refractivity contribution is -0.386. The zero-order chi connectivity index (χ0) is 21.0. The number of hydrogen-bond acceptors (Lipinski definition) is 6. The van der Waals surface area contributed by atoms with Crippen LogP contribution in [0.3, 0.4) is 0 Å². The summed E-state index contributed by atoms with van der Waals surface area (Å²) in [5.41, 5.74) is -0.458. The molecule has 9 nitrogen and oxygen atoms in total. The van der Waals surface area contributed by atoms with Crippen LogP contribution >= 0.6 is 0 Å². The van der Waals surface area contributed by atoms with Gasteiger partial charge >= 0.3 is 5.69 Å². The second kappa shape index (κ2) is 9.08. The molecule has 0 aliphatic carbocycles. The maximum atomic E-state index is 12.7. The largest absolute Gasteiger partial charge is 0.474 e. The zero-order valence-corrected chi connectivity index (χ0v) is 17.4. The smallest absolute Gasteiger partial charge is 0.312 e. The van der Waals surface area contributed by atoms with E-state index in [1.807, 2.05) is 0 Å². The molecule has 2 aliphatic heterocycles. The number of carbonyl (C=O) groups is 1. The molecule has 1 amide bonds. The number of ether oxygens (including phenoxy) is 1. The molecule has 2 aliphatic rings. The first kappa shape index (κ1) is 21.5. The maximum absolute atomic E-state index is 12.7. The SMILES string of the molecule is C[C@H](Oc1ccc(S(=O)(=O)N2CCCC2)cc1[N+](=O)[O-])C(=O)N1CCCCCC1. The van der Waals surface area contributed by atoms with Crippen molar-refractivity contribution in [3.8, 4) is 5.75 Å². The number of nitro groups is 1. The van der Waals surface area contributed by atoms with Crippen LogP contribution < -0.4 is 4.74 Å². The highest BCUT2D eigenvalue weighted by Gasteiger charge is 2.31. The molecule has 2 heterocycles. The van der Waals surface area contributed by atoms with Crippen molar-refractivity contribution in [1.82, 2.24) is 9.21 Å². The maximum Gasteiger partial charge on any atom is 0.312 e. The number of benzene rings is 1. The molecule has 0 saturated carbocycles. The summed E-state index contributed by atoms with van der Waals surface area (Å²) in [7, 11) is -3.78. The van der Waals surface area contributed by atoms with Crippen LogP contribution in [0.2, 0.25) is 0 Å². The first-order valence-electron chi connectivity index (χ1n) is 10.0. The van der Waals surface area contributed by atoms with Gasteiger partial charge in [-0.05, 0) is 44.7 Å². The van der Waals surface area contributed by atoms with Gasteiger partial charge < -0.3 is 9.64 Å². The van der Waals surface area contributed by atoms with E-state index in [9.17, 15) is 23.3 Å². The van der Waals surface area contributed by atoms with Gasteiger partial charge in [-0.15, -0.1) is 0 Å². The van der Waals surface area contributed by atoms with Crippen molar-refractivity contribution in [2.45, 2.75) is 56.4 Å². The zero-order valence-electron chi connectivity index (χ0n) is 16.6. The molecule has 1 aromatic rings. The third kappa shape index (κ3) is 4.87. The molecule has 0 spiro atoms. The van der Waals surface area contributed by atoms with Crippen LogP contribution in [0.5, 0.6) is 5.75 Å². The Morgan fingerprint density at radius 1 is 1.07 bits per heavy atom. The van der Waals surface area contributed by atoms with E-state index in [0.29, 0.717) is 26.2 Å². The highest BCUT2D eigenvalue weighted by molar-refractivity contribution is 7.89. The van der Waals surface area contributed by atoms with Gasteiger partial charge in [0.2, 0.25) is 10.0 Å². The van der Waals surface area contributed by atoms with Crippen LogP contribution in [0, 0.1) is 10.1 Å². The summed E-state index contributed by atoms with van der Waals surface area (Å²) >= 11 is 0. The van der Waals surface area contributed by atoms with Crippen molar-refractivity contribution >= 4 is 21.6 Å². The van der Waals surface area contributed by atoms with Crippen molar-refractivity contribution in [2.24, 2.45) is 0 Å². The Morgan fingerprint density at radius 3 is 2.24 bits per heavy atom. The highest BCUT2D eigenvalue weighted by Crippen LogP contribution is 2.32. The second-order valence-corrected chi connectivity index (χ2v) is 9.44. The van der Waals surface area contributed by atoms with Crippen LogP contribution in [0.4, 0.5) is 5.69 Å². The topological polar surface area (TPSA) is 110 Å². The molecule has 0 radical (unpaired) electrons. The van der Waals surface area contributed by atoms with Gasteiger partial charge in [-0.25, -0.2) is 8.42 Å². The molecule has 1 atom stereocenters. The Bertz CT molecular complexity index is 859. The molecule has 29 heavy (non-hydrogen) atoms. The summed E-state index contributed by atoms with van der Waals surface area (Å²) in [4.78, 5) is 25.1. The van der Waals surface area contributed by atoms with Gasteiger partial charge in [-0.1, -0.05) is 12.8 Å². The standard InChI is InChI=1S/C19H27N3O6S/c1-15(19(23)20-10-4-2-3-5-11-20)28-18-9-8-16(14-17(18)22(24)25)29(26,27)21-12-6-7-13-21/h8-9,14-15H,2-7,10-13H2,1H3/t15-/m0/s1. The third-order valence-electron chi connectivity index (χ3n) is 5.40. The molecule has 2 saturated heterocycles. The van der Waals surface area contributed by atoms with E-state index in [2.05, 4.69) is 0 Å². The predicted octanol–water partition coefficient (Wildman–Crippen LogP) is 2.55. The number of rotatable bonds is 6. The Morgan fingerprint density at radius 2 is 1.66 bits per heavy atom. The van der Waals surface area contributed by atoms with E-state index in [1.165, 1.54) is 16.4 Å². The lowest BCUT2D eigenvalue weighted by Crippen LogP contribution is -2.41. The summed E-state index contributed by atoms with van der Waals surface area (Å²) in [6.45, 7) is 3.70. The molecule has 0 aromatic heterocycles. The Balaban J connectivity index is 1.80. The van der Waals surface area contributed by atoms with Crippen LogP contribution in [0.25, 0.3) is 0 Å². The van der Waals surface area contributed by atoms with Crippen LogP contribution in [-0.2, 0) is 14.8 Å². The van der Waals surface area contributed by atoms with E-state index >= 15 is 0 Å². The summed E-state index contributed by atoms with van der Waals surface area (Å²) in [6.07, 6.45) is 4.68. The quantitative estimate of drug-likeness (QED) is 0.512. The fraction of sp³-hybridized carbons (Fsp3) is 0.632. The molecule has 0 N–H and O–H groups in total. The predicted molar refractivity (Wildman–Crippen MR) is 106 cm³/mol. The second-order valence-electron chi connectivity index (χ2n) is 7.50. The Kier molecular flexibility index (Phi) is 6.74. The molecule has 3 rings (SSSR count). The third-order valence-corrected chi connectivity index (χ3v) is 7.29. The van der Waals surface area contributed by atoms with Gasteiger partial charge in [0.15, 0.2) is 11.9 Å². The lowest BCUT2D eigenvalue weighted by Gasteiger charge is -2.24. The normalized spacial score (nSPS) is 19.6. The fourth-order valence-corrected chi connectivity index (χ4v) is 5.30. The molecule has 0 unspecified atom stereocenters. The summed E-state index contributed by atoms with van der Waals surface area (Å²) in [5.74, 6) is -0.319. The number of amides is 1. The van der Waals surface area contributed by atoms with Gasteiger partial charge in [0.25, 0.3) is 5.91 Å². The van der Waals surface area contributed by atoms with Crippen LogP contribution in [0.15, 0.2) is 23.1 Å². The summed E-state index contributed by atoms with van der Waals surface area (Å²) in [6, 6.07) is 3.60. The molecule has 160 valence electrons. The van der Waals surface area contributed by atoms with E-state index in [-0.39, 0.29) is 16.6 Å². The van der Waals surface area contributed by atoms with Crippen molar-refractivity contribution < 1.29 is 22.9 Å². The fourth-order valence-electron chi connectivity index (χ4n) is 3.77. The van der Waals surface area contributed by atoms with E-state index in [1.54, 1.807) is 11.8 Å². The molecule has 10 heteroatoms. The number of nitrogens with zero attached hydrogens (tertiary/aromatic N) is 3. The van der Waals surface area contributed by atoms with Crippen molar-refractivity contribution in [2.75, 3.05) is 26.2 Å². The van der Waals surface area contributed by atoms with Gasteiger partial charge in [-0.2, -0.15) is 4.31 Å². The molecular formula is C19H27N3O6S. The minimum absolute atomic E-state index is 0.106. The number of hydrogen-bond donors (Lipinski definition) is 0. The first-order valence-corrected chi connectivity index (χ1v) is 11.5. The average molecular weight is 426 g/mol. The van der Waals surface area contributed by atoms with E-state index in [0.717, 1.165) is 44.6 Å². The van der Waals surface area contributed by atoms with Crippen molar-refractivity contribution in [1.29, 1.82) is 0 Å².